The summed E-state index contributed by atoms with van der Waals surface area (Å²) in [7, 11) is 0. The first-order chi connectivity index (χ1) is 7.16. The zero-order valence-corrected chi connectivity index (χ0v) is 8.60. The number of carbonyl (C=O) groups is 1. The molecule has 0 radical (unpaired) electrons. The first-order valence-electron chi connectivity index (χ1n) is 5.04. The van der Waals surface area contributed by atoms with E-state index in [1.807, 2.05) is 6.92 Å². The Balaban J connectivity index is 1.96. The predicted molar refractivity (Wildman–Crippen MR) is 52.7 cm³/mol. The third-order valence-corrected chi connectivity index (χ3v) is 2.77. The molecule has 0 aromatic carbocycles. The number of aromatic nitrogens is 3. The average molecular weight is 210 g/mol. The highest BCUT2D eigenvalue weighted by Crippen LogP contribution is 2.25. The van der Waals surface area contributed by atoms with Crippen molar-refractivity contribution in [3.05, 3.63) is 11.6 Å². The van der Waals surface area contributed by atoms with Crippen LogP contribution in [-0.4, -0.2) is 44.4 Å². The Hall–Kier alpha value is -1.59. The van der Waals surface area contributed by atoms with Crippen LogP contribution in [0.1, 0.15) is 30.4 Å². The second kappa shape index (κ2) is 3.88. The van der Waals surface area contributed by atoms with Crippen molar-refractivity contribution in [1.82, 2.24) is 20.1 Å². The molecule has 0 bridgehead atoms. The van der Waals surface area contributed by atoms with E-state index >= 15 is 0 Å². The monoisotopic (exact) mass is 210 g/mol. The van der Waals surface area contributed by atoms with Gasteiger partial charge in [-0.25, -0.2) is 4.79 Å². The van der Waals surface area contributed by atoms with Crippen molar-refractivity contribution in [2.45, 2.75) is 25.7 Å². The minimum Gasteiger partial charge on any atom is -0.465 e. The lowest BCUT2D eigenvalue weighted by molar-refractivity contribution is 0.131. The van der Waals surface area contributed by atoms with Gasteiger partial charge in [0.2, 0.25) is 0 Å². The van der Waals surface area contributed by atoms with Crippen molar-refractivity contribution in [3.8, 4) is 0 Å². The minimum absolute atomic E-state index is 0.321. The summed E-state index contributed by atoms with van der Waals surface area (Å²) in [6.07, 6.45) is 0.809. The van der Waals surface area contributed by atoms with Crippen LogP contribution in [0.15, 0.2) is 0 Å². The topological polar surface area (TPSA) is 82.1 Å². The highest BCUT2D eigenvalue weighted by Gasteiger charge is 2.25. The van der Waals surface area contributed by atoms with Crippen LogP contribution in [-0.2, 0) is 0 Å². The summed E-state index contributed by atoms with van der Waals surface area (Å²) >= 11 is 0. The van der Waals surface area contributed by atoms with E-state index in [0.29, 0.717) is 19.0 Å². The molecular weight excluding hydrogens is 196 g/mol. The molecule has 0 aliphatic carbocycles. The summed E-state index contributed by atoms with van der Waals surface area (Å²) in [4.78, 5) is 15.2. The molecule has 1 aliphatic rings. The molecule has 2 heterocycles. The number of hydrogen-bond donors (Lipinski definition) is 2. The van der Waals surface area contributed by atoms with Gasteiger partial charge in [0.1, 0.15) is 11.6 Å². The first kappa shape index (κ1) is 9.95. The zero-order valence-electron chi connectivity index (χ0n) is 8.60. The van der Waals surface area contributed by atoms with Crippen molar-refractivity contribution in [2.24, 2.45) is 0 Å². The molecular formula is C9H14N4O2. The fraction of sp³-hybridized carbons (Fsp3) is 0.667. The van der Waals surface area contributed by atoms with E-state index in [2.05, 4.69) is 15.2 Å². The van der Waals surface area contributed by atoms with Crippen LogP contribution in [0, 0.1) is 6.92 Å². The number of piperidine rings is 1. The molecule has 0 saturated carbocycles. The van der Waals surface area contributed by atoms with Crippen molar-refractivity contribution >= 4 is 6.09 Å². The van der Waals surface area contributed by atoms with Crippen LogP contribution >= 0.6 is 0 Å². The third kappa shape index (κ3) is 2.08. The number of amides is 1. The van der Waals surface area contributed by atoms with Gasteiger partial charge in [0.15, 0.2) is 0 Å². The molecule has 2 rings (SSSR count). The molecule has 82 valence electrons. The van der Waals surface area contributed by atoms with Crippen molar-refractivity contribution < 1.29 is 9.90 Å². The quantitative estimate of drug-likeness (QED) is 0.723. The lowest BCUT2D eigenvalue weighted by Gasteiger charge is -2.28. The standard InChI is InChI=1S/C9H14N4O2/c1-6-10-8(12-11-6)7-2-4-13(5-3-7)9(14)15/h7H,2-5H2,1H3,(H,14,15)(H,10,11,12). The number of H-pyrrole nitrogens is 1. The SMILES string of the molecule is Cc1nnc(C2CCN(C(=O)O)CC2)[nH]1. The van der Waals surface area contributed by atoms with Gasteiger partial charge >= 0.3 is 6.09 Å². The second-order valence-electron chi connectivity index (χ2n) is 3.84. The van der Waals surface area contributed by atoms with Crippen LogP contribution in [0.4, 0.5) is 4.79 Å². The van der Waals surface area contributed by atoms with E-state index < -0.39 is 6.09 Å². The summed E-state index contributed by atoms with van der Waals surface area (Å²) in [6.45, 7) is 3.03. The Morgan fingerprint density at radius 3 is 2.60 bits per heavy atom. The molecule has 15 heavy (non-hydrogen) atoms. The van der Waals surface area contributed by atoms with Gasteiger partial charge in [-0.1, -0.05) is 0 Å². The minimum atomic E-state index is -0.831. The summed E-state index contributed by atoms with van der Waals surface area (Å²) in [5.41, 5.74) is 0. The third-order valence-electron chi connectivity index (χ3n) is 2.77. The number of nitrogens with zero attached hydrogens (tertiary/aromatic N) is 3. The molecule has 1 amide bonds. The Kier molecular flexibility index (Phi) is 2.57. The lowest BCUT2D eigenvalue weighted by Crippen LogP contribution is -2.37. The fourth-order valence-corrected chi connectivity index (χ4v) is 1.89. The summed E-state index contributed by atoms with van der Waals surface area (Å²) in [5.74, 6) is 2.02. The van der Waals surface area contributed by atoms with E-state index in [0.717, 1.165) is 24.5 Å². The van der Waals surface area contributed by atoms with Gasteiger partial charge in [0.25, 0.3) is 0 Å². The van der Waals surface area contributed by atoms with E-state index in [1.54, 1.807) is 0 Å². The zero-order chi connectivity index (χ0) is 10.8. The maximum atomic E-state index is 10.7. The van der Waals surface area contributed by atoms with Gasteiger partial charge < -0.3 is 15.0 Å². The Morgan fingerprint density at radius 1 is 1.47 bits per heavy atom. The lowest BCUT2D eigenvalue weighted by atomic mass is 9.96. The number of likely N-dealkylation sites (tertiary alicyclic amines) is 1. The molecule has 1 saturated heterocycles. The Morgan fingerprint density at radius 2 is 2.13 bits per heavy atom. The number of aryl methyl sites for hydroxylation is 1. The van der Waals surface area contributed by atoms with Crippen LogP contribution in [0.25, 0.3) is 0 Å². The second-order valence-corrected chi connectivity index (χ2v) is 3.84. The van der Waals surface area contributed by atoms with Gasteiger partial charge in [-0.3, -0.25) is 0 Å². The average Bonchev–Trinajstić information content (AvgIpc) is 2.65. The van der Waals surface area contributed by atoms with E-state index in [4.69, 9.17) is 5.11 Å². The van der Waals surface area contributed by atoms with Crippen LogP contribution in [0.3, 0.4) is 0 Å². The molecule has 1 fully saturated rings. The van der Waals surface area contributed by atoms with Gasteiger partial charge in [-0.15, -0.1) is 10.2 Å². The molecule has 0 atom stereocenters. The van der Waals surface area contributed by atoms with Gasteiger partial charge in [0, 0.05) is 19.0 Å². The molecule has 1 aromatic heterocycles. The normalized spacial score (nSPS) is 18.1. The molecule has 0 spiro atoms. The fourth-order valence-electron chi connectivity index (χ4n) is 1.89. The maximum absolute atomic E-state index is 10.7. The van der Waals surface area contributed by atoms with E-state index in [-0.39, 0.29) is 0 Å². The largest absolute Gasteiger partial charge is 0.465 e. The van der Waals surface area contributed by atoms with Gasteiger partial charge in [-0.2, -0.15) is 0 Å². The maximum Gasteiger partial charge on any atom is 0.407 e. The summed E-state index contributed by atoms with van der Waals surface area (Å²) in [6, 6.07) is 0. The molecule has 6 heteroatoms. The van der Waals surface area contributed by atoms with Crippen molar-refractivity contribution in [2.75, 3.05) is 13.1 Å². The van der Waals surface area contributed by atoms with Gasteiger partial charge in [0.05, 0.1) is 0 Å². The Labute approximate surface area is 87.3 Å². The van der Waals surface area contributed by atoms with E-state index in [9.17, 15) is 4.79 Å². The molecule has 6 nitrogen and oxygen atoms in total. The number of carboxylic acid groups (broad SMARTS) is 1. The highest BCUT2D eigenvalue weighted by atomic mass is 16.4. The number of rotatable bonds is 1. The molecule has 2 N–H and O–H groups in total. The van der Waals surface area contributed by atoms with Crippen LogP contribution < -0.4 is 0 Å². The number of hydrogen-bond acceptors (Lipinski definition) is 3. The number of aromatic amines is 1. The van der Waals surface area contributed by atoms with Crippen LogP contribution in [0.5, 0.6) is 0 Å². The molecule has 0 unspecified atom stereocenters. The summed E-state index contributed by atoms with van der Waals surface area (Å²) < 4.78 is 0. The highest BCUT2D eigenvalue weighted by molar-refractivity contribution is 5.65. The first-order valence-corrected chi connectivity index (χ1v) is 5.04. The number of nitrogens with one attached hydrogen (secondary N) is 1. The van der Waals surface area contributed by atoms with Gasteiger partial charge in [-0.05, 0) is 19.8 Å². The smallest absolute Gasteiger partial charge is 0.407 e. The summed E-state index contributed by atoms with van der Waals surface area (Å²) in [5, 5.41) is 16.7. The predicted octanol–water partition coefficient (Wildman–Crippen LogP) is 0.971. The molecule has 1 aromatic rings. The Bertz CT molecular complexity index is 355. The van der Waals surface area contributed by atoms with E-state index in [1.165, 1.54) is 4.90 Å². The van der Waals surface area contributed by atoms with Crippen molar-refractivity contribution in [1.29, 1.82) is 0 Å². The van der Waals surface area contributed by atoms with Crippen LogP contribution in [0.2, 0.25) is 0 Å². The molecule has 1 aliphatic heterocycles. The van der Waals surface area contributed by atoms with Crippen molar-refractivity contribution in [3.63, 3.8) is 0 Å².